The van der Waals surface area contributed by atoms with Crippen LogP contribution in [0.3, 0.4) is 0 Å². The van der Waals surface area contributed by atoms with E-state index < -0.39 is 34.3 Å². The molecule has 1 N–H and O–H groups in total. The molecular weight excluding hydrogens is 513 g/mol. The smallest absolute Gasteiger partial charge is 0.244 e. The molecule has 7 nitrogen and oxygen atoms in total. The van der Waals surface area contributed by atoms with Gasteiger partial charge in [-0.05, 0) is 62.2 Å². The van der Waals surface area contributed by atoms with Gasteiger partial charge in [0.05, 0.1) is 11.9 Å². The molecule has 0 saturated heterocycles. The van der Waals surface area contributed by atoms with Crippen molar-refractivity contribution in [3.8, 4) is 0 Å². The molecule has 0 spiro atoms. The third-order valence-electron chi connectivity index (χ3n) is 5.23. The van der Waals surface area contributed by atoms with E-state index in [1.807, 2.05) is 38.1 Å². The summed E-state index contributed by atoms with van der Waals surface area (Å²) in [7, 11) is -3.85. The fourth-order valence-corrected chi connectivity index (χ4v) is 4.17. The molecule has 2 amide bonds. The lowest BCUT2D eigenvalue weighted by atomic mass is 10.1. The van der Waals surface area contributed by atoms with Crippen LogP contribution in [0.1, 0.15) is 32.8 Å². The van der Waals surface area contributed by atoms with Gasteiger partial charge in [-0.15, -0.1) is 0 Å². The van der Waals surface area contributed by atoms with E-state index in [-0.39, 0.29) is 24.2 Å². The zero-order valence-electron chi connectivity index (χ0n) is 19.1. The summed E-state index contributed by atoms with van der Waals surface area (Å²) >= 11 is 3.37. The van der Waals surface area contributed by atoms with Gasteiger partial charge >= 0.3 is 0 Å². The van der Waals surface area contributed by atoms with Crippen molar-refractivity contribution < 1.29 is 22.4 Å². The highest BCUT2D eigenvalue weighted by atomic mass is 79.9. The highest BCUT2D eigenvalue weighted by molar-refractivity contribution is 9.10. The number of rotatable bonds is 10. The summed E-state index contributed by atoms with van der Waals surface area (Å²) in [6.45, 7) is 5.00. The second kappa shape index (κ2) is 11.6. The Bertz CT molecular complexity index is 1060. The van der Waals surface area contributed by atoms with Crippen LogP contribution in [0.2, 0.25) is 0 Å². The molecule has 2 rings (SSSR count). The number of carbonyl (C=O) groups excluding carboxylic acids is 2. The topological polar surface area (TPSA) is 86.8 Å². The lowest BCUT2D eigenvalue weighted by Crippen LogP contribution is -2.52. The zero-order valence-corrected chi connectivity index (χ0v) is 21.5. The summed E-state index contributed by atoms with van der Waals surface area (Å²) in [5, 5.41) is 2.87. The third-order valence-corrected chi connectivity index (χ3v) is 6.90. The fraction of sp³-hybridized carbons (Fsp3) is 0.391. The minimum atomic E-state index is -3.85. The number of nitrogens with one attached hydrogen (secondary N) is 1. The fourth-order valence-electron chi connectivity index (χ4n) is 3.06. The number of anilines is 1. The lowest BCUT2D eigenvalue weighted by molar-refractivity contribution is -0.139. The Hall–Kier alpha value is -2.46. The van der Waals surface area contributed by atoms with Crippen LogP contribution in [0.25, 0.3) is 0 Å². The van der Waals surface area contributed by atoms with Crippen LogP contribution in [0.5, 0.6) is 0 Å². The molecule has 33 heavy (non-hydrogen) atoms. The van der Waals surface area contributed by atoms with Crippen molar-refractivity contribution >= 4 is 43.5 Å². The van der Waals surface area contributed by atoms with Gasteiger partial charge in [-0.1, -0.05) is 35.0 Å². The van der Waals surface area contributed by atoms with Gasteiger partial charge in [0, 0.05) is 17.1 Å². The first kappa shape index (κ1) is 26.8. The third kappa shape index (κ3) is 7.82. The lowest BCUT2D eigenvalue weighted by Gasteiger charge is -2.32. The molecule has 0 radical (unpaired) electrons. The van der Waals surface area contributed by atoms with Crippen LogP contribution in [0.4, 0.5) is 10.1 Å². The molecule has 0 aliphatic rings. The van der Waals surface area contributed by atoms with Crippen LogP contribution in [-0.2, 0) is 26.2 Å². The molecular formula is C23H29BrFN3O4S. The number of halogens is 2. The van der Waals surface area contributed by atoms with E-state index in [4.69, 9.17) is 0 Å². The highest BCUT2D eigenvalue weighted by Gasteiger charge is 2.30. The SMILES string of the molecule is CC[C@@H](C)NC(=O)[C@H](C)N(Cc1ccc(Br)cc1)C(=O)CN(c1ccc(F)cc1)S(C)(=O)=O. The minimum Gasteiger partial charge on any atom is -0.352 e. The normalized spacial score (nSPS) is 13.2. The average molecular weight is 542 g/mol. The Kier molecular flexibility index (Phi) is 9.42. The van der Waals surface area contributed by atoms with Crippen LogP contribution < -0.4 is 9.62 Å². The molecule has 2 aromatic rings. The van der Waals surface area contributed by atoms with E-state index >= 15 is 0 Å². The molecule has 0 aromatic heterocycles. The van der Waals surface area contributed by atoms with Gasteiger partial charge < -0.3 is 10.2 Å². The summed E-state index contributed by atoms with van der Waals surface area (Å²) in [4.78, 5) is 27.5. The average Bonchev–Trinajstić information content (AvgIpc) is 2.76. The molecule has 10 heteroatoms. The van der Waals surface area contributed by atoms with Crippen LogP contribution in [0, 0.1) is 5.82 Å². The van der Waals surface area contributed by atoms with Crippen molar-refractivity contribution in [1.29, 1.82) is 0 Å². The molecule has 0 heterocycles. The Morgan fingerprint density at radius 1 is 1.06 bits per heavy atom. The van der Waals surface area contributed by atoms with E-state index in [9.17, 15) is 22.4 Å². The standard InChI is InChI=1S/C23H29BrFN3O4S/c1-5-16(2)26-23(30)17(3)27(14-18-6-8-19(24)9-7-18)22(29)15-28(33(4,31)32)21-12-10-20(25)11-13-21/h6-13,16-17H,5,14-15H2,1-4H3,(H,26,30)/t16-,17+/m1/s1. The number of benzene rings is 2. The van der Waals surface area contributed by atoms with E-state index in [2.05, 4.69) is 21.2 Å². The van der Waals surface area contributed by atoms with Gasteiger partial charge in [0.15, 0.2) is 0 Å². The van der Waals surface area contributed by atoms with E-state index in [1.54, 1.807) is 6.92 Å². The number of hydrogen-bond acceptors (Lipinski definition) is 4. The van der Waals surface area contributed by atoms with E-state index in [0.29, 0.717) is 0 Å². The molecule has 0 saturated carbocycles. The maximum Gasteiger partial charge on any atom is 0.244 e. The van der Waals surface area contributed by atoms with Crippen molar-refractivity contribution in [3.05, 3.63) is 64.4 Å². The summed E-state index contributed by atoms with van der Waals surface area (Å²) in [6.07, 6.45) is 1.70. The second-order valence-electron chi connectivity index (χ2n) is 7.89. The van der Waals surface area contributed by atoms with Gasteiger partial charge in [-0.3, -0.25) is 13.9 Å². The van der Waals surface area contributed by atoms with E-state index in [1.165, 1.54) is 17.0 Å². The van der Waals surface area contributed by atoms with Crippen molar-refractivity contribution in [2.24, 2.45) is 0 Å². The minimum absolute atomic E-state index is 0.0729. The highest BCUT2D eigenvalue weighted by Crippen LogP contribution is 2.20. The van der Waals surface area contributed by atoms with Gasteiger partial charge in [0.25, 0.3) is 0 Å². The first-order valence-corrected chi connectivity index (χ1v) is 13.1. The molecule has 0 unspecified atom stereocenters. The van der Waals surface area contributed by atoms with Gasteiger partial charge in [0.1, 0.15) is 18.4 Å². The summed E-state index contributed by atoms with van der Waals surface area (Å²) < 4.78 is 40.0. The summed E-state index contributed by atoms with van der Waals surface area (Å²) in [6, 6.07) is 11.2. The van der Waals surface area contributed by atoms with Gasteiger partial charge in [-0.25, -0.2) is 12.8 Å². The number of nitrogens with zero attached hydrogens (tertiary/aromatic N) is 2. The molecule has 0 fully saturated rings. The van der Waals surface area contributed by atoms with Crippen LogP contribution >= 0.6 is 15.9 Å². The maximum atomic E-state index is 13.4. The predicted octanol–water partition coefficient (Wildman–Crippen LogP) is 3.69. The molecule has 0 aliphatic heterocycles. The Labute approximate surface area is 203 Å². The van der Waals surface area contributed by atoms with Crippen molar-refractivity contribution in [2.75, 3.05) is 17.1 Å². The number of sulfonamides is 1. The van der Waals surface area contributed by atoms with E-state index in [0.717, 1.165) is 39.2 Å². The Morgan fingerprint density at radius 3 is 2.15 bits per heavy atom. The largest absolute Gasteiger partial charge is 0.352 e. The second-order valence-corrected chi connectivity index (χ2v) is 10.7. The summed E-state index contributed by atoms with van der Waals surface area (Å²) in [5.74, 6) is -1.41. The number of hydrogen-bond donors (Lipinski definition) is 1. The molecule has 180 valence electrons. The monoisotopic (exact) mass is 541 g/mol. The van der Waals surface area contributed by atoms with Crippen molar-refractivity contribution in [3.63, 3.8) is 0 Å². The Morgan fingerprint density at radius 2 is 1.64 bits per heavy atom. The van der Waals surface area contributed by atoms with Gasteiger partial charge in [0.2, 0.25) is 21.8 Å². The molecule has 0 bridgehead atoms. The molecule has 2 aromatic carbocycles. The Balaban J connectivity index is 2.36. The maximum absolute atomic E-state index is 13.4. The molecule has 0 aliphatic carbocycles. The number of carbonyl (C=O) groups is 2. The van der Waals surface area contributed by atoms with Crippen molar-refractivity contribution in [2.45, 2.75) is 45.8 Å². The zero-order chi connectivity index (χ0) is 24.8. The quantitative estimate of drug-likeness (QED) is 0.497. The summed E-state index contributed by atoms with van der Waals surface area (Å²) in [5.41, 5.74) is 0.940. The molecule has 2 atom stereocenters. The van der Waals surface area contributed by atoms with Crippen LogP contribution in [0.15, 0.2) is 53.0 Å². The van der Waals surface area contributed by atoms with Crippen molar-refractivity contribution in [1.82, 2.24) is 10.2 Å². The van der Waals surface area contributed by atoms with Gasteiger partial charge in [-0.2, -0.15) is 0 Å². The van der Waals surface area contributed by atoms with Crippen LogP contribution in [-0.4, -0.2) is 50.0 Å². The number of amides is 2. The first-order valence-electron chi connectivity index (χ1n) is 10.5. The first-order chi connectivity index (χ1) is 15.4. The predicted molar refractivity (Wildman–Crippen MR) is 131 cm³/mol.